The molecular formula is C29H54O9. The quantitative estimate of drug-likeness (QED) is 0.174. The molecule has 0 spiro atoms. The molecule has 0 radical (unpaired) electrons. The van der Waals surface area contributed by atoms with E-state index in [1.165, 1.54) is 6.92 Å². The molecule has 0 aromatic carbocycles. The topological polar surface area (TPSA) is 90.9 Å². The first-order chi connectivity index (χ1) is 18.1. The Hall–Kier alpha value is -0.810. The summed E-state index contributed by atoms with van der Waals surface area (Å²) in [6, 6.07) is 0. The summed E-state index contributed by atoms with van der Waals surface area (Å²) < 4.78 is 49.5. The average molecular weight is 547 g/mol. The molecule has 8 atom stereocenters. The van der Waals surface area contributed by atoms with E-state index in [1.54, 1.807) is 0 Å². The number of rotatable bonds is 18. The first-order valence-corrected chi connectivity index (χ1v) is 14.7. The maximum atomic E-state index is 11.7. The minimum absolute atomic E-state index is 0.0503. The van der Waals surface area contributed by atoms with E-state index in [0.717, 1.165) is 38.5 Å². The molecule has 2 fully saturated rings. The number of ether oxygens (including phenoxy) is 8. The van der Waals surface area contributed by atoms with Crippen molar-refractivity contribution in [3.05, 3.63) is 0 Å². The number of hydrogen-bond acceptors (Lipinski definition) is 9. The zero-order chi connectivity index (χ0) is 28.1. The van der Waals surface area contributed by atoms with Gasteiger partial charge < -0.3 is 37.9 Å². The fraction of sp³-hybridized carbons (Fsp3) is 0.966. The lowest BCUT2D eigenvalue weighted by molar-refractivity contribution is -0.325. The maximum absolute atomic E-state index is 11.7. The van der Waals surface area contributed by atoms with E-state index in [9.17, 15) is 4.79 Å². The molecule has 0 saturated carbocycles. The highest BCUT2D eigenvalue weighted by atomic mass is 16.8. The molecule has 2 aliphatic heterocycles. The third-order valence-corrected chi connectivity index (χ3v) is 6.90. The Morgan fingerprint density at radius 1 is 0.842 bits per heavy atom. The van der Waals surface area contributed by atoms with Gasteiger partial charge in [-0.2, -0.15) is 0 Å². The predicted octanol–water partition coefficient (Wildman–Crippen LogP) is 5.02. The zero-order valence-corrected chi connectivity index (χ0v) is 25.1. The molecule has 224 valence electrons. The minimum Gasteiger partial charge on any atom is -0.463 e. The van der Waals surface area contributed by atoms with Crippen LogP contribution in [0.1, 0.15) is 93.9 Å². The molecule has 2 heterocycles. The van der Waals surface area contributed by atoms with Gasteiger partial charge in [-0.1, -0.05) is 47.0 Å². The first kappa shape index (κ1) is 33.4. The highest BCUT2D eigenvalue weighted by molar-refractivity contribution is 5.65. The molecule has 2 rings (SSSR count). The van der Waals surface area contributed by atoms with Crippen molar-refractivity contribution in [1.29, 1.82) is 0 Å². The van der Waals surface area contributed by atoms with Crippen molar-refractivity contribution in [3.8, 4) is 0 Å². The van der Waals surface area contributed by atoms with Crippen LogP contribution in [0.15, 0.2) is 0 Å². The Labute approximate surface area is 230 Å². The smallest absolute Gasteiger partial charge is 0.302 e. The Morgan fingerprint density at radius 2 is 1.39 bits per heavy atom. The molecule has 38 heavy (non-hydrogen) atoms. The molecule has 0 amide bonds. The standard InChI is InChI=1S/C29H54O9/c1-9-12-15-31-25-23(19-34-22(6)30)36-28(27(33-17-14-11-3)26(25)32-16-13-10-2)35-18-20(4)24-21(5)37-29(7,8)38-24/h20-21,23-28H,9-19H2,1-8H3/t20-,21+,23?,24-,25-,26-,27?,28-/m0/s1. The molecule has 0 N–H and O–H groups in total. The second-order valence-electron chi connectivity index (χ2n) is 11.0. The van der Waals surface area contributed by atoms with Crippen molar-refractivity contribution in [2.45, 2.75) is 143 Å². The summed E-state index contributed by atoms with van der Waals surface area (Å²) in [7, 11) is 0. The molecule has 2 aliphatic rings. The van der Waals surface area contributed by atoms with E-state index in [-0.39, 0.29) is 30.7 Å². The molecule has 9 heteroatoms. The molecule has 0 aromatic rings. The van der Waals surface area contributed by atoms with Gasteiger partial charge in [0, 0.05) is 32.7 Å². The predicted molar refractivity (Wildman–Crippen MR) is 144 cm³/mol. The summed E-state index contributed by atoms with van der Waals surface area (Å²) in [6.07, 6.45) is 3.01. The largest absolute Gasteiger partial charge is 0.463 e. The average Bonchev–Trinajstić information content (AvgIpc) is 3.15. The maximum Gasteiger partial charge on any atom is 0.302 e. The molecule has 0 aromatic heterocycles. The summed E-state index contributed by atoms with van der Waals surface area (Å²) in [5.41, 5.74) is 0. The third-order valence-electron chi connectivity index (χ3n) is 6.90. The van der Waals surface area contributed by atoms with Crippen LogP contribution in [-0.2, 0) is 42.7 Å². The number of carbonyl (C=O) groups is 1. The second kappa shape index (κ2) is 17.1. The van der Waals surface area contributed by atoms with Gasteiger partial charge in [0.1, 0.15) is 31.0 Å². The van der Waals surface area contributed by atoms with E-state index in [0.29, 0.717) is 26.4 Å². The molecule has 9 nitrogen and oxygen atoms in total. The van der Waals surface area contributed by atoms with Crippen LogP contribution in [0.3, 0.4) is 0 Å². The molecule has 0 aliphatic carbocycles. The van der Waals surface area contributed by atoms with Crippen LogP contribution < -0.4 is 0 Å². The number of hydrogen-bond donors (Lipinski definition) is 0. The lowest BCUT2D eigenvalue weighted by Gasteiger charge is -2.46. The molecular weight excluding hydrogens is 492 g/mol. The number of carbonyl (C=O) groups excluding carboxylic acids is 1. The monoisotopic (exact) mass is 546 g/mol. The van der Waals surface area contributed by atoms with Gasteiger partial charge in [0.25, 0.3) is 0 Å². The number of unbranched alkanes of at least 4 members (excludes halogenated alkanes) is 3. The van der Waals surface area contributed by atoms with E-state index < -0.39 is 36.5 Å². The molecule has 0 bridgehead atoms. The Morgan fingerprint density at radius 3 is 1.89 bits per heavy atom. The van der Waals surface area contributed by atoms with Gasteiger partial charge in [0.05, 0.1) is 18.8 Å². The van der Waals surface area contributed by atoms with Gasteiger partial charge in [-0.25, -0.2) is 0 Å². The first-order valence-electron chi connectivity index (χ1n) is 14.7. The van der Waals surface area contributed by atoms with Crippen molar-refractivity contribution >= 4 is 5.97 Å². The molecule has 2 unspecified atom stereocenters. The lowest BCUT2D eigenvalue weighted by Crippen LogP contribution is -2.62. The van der Waals surface area contributed by atoms with Crippen LogP contribution in [0, 0.1) is 5.92 Å². The fourth-order valence-electron chi connectivity index (χ4n) is 4.89. The van der Waals surface area contributed by atoms with E-state index in [2.05, 4.69) is 27.7 Å². The minimum atomic E-state index is -0.710. The lowest BCUT2D eigenvalue weighted by atomic mass is 9.97. The Bertz CT molecular complexity index is 658. The third kappa shape index (κ3) is 10.6. The van der Waals surface area contributed by atoms with Gasteiger partial charge in [0.15, 0.2) is 12.1 Å². The van der Waals surface area contributed by atoms with Gasteiger partial charge in [-0.3, -0.25) is 4.79 Å². The van der Waals surface area contributed by atoms with Crippen LogP contribution in [0.4, 0.5) is 0 Å². The second-order valence-corrected chi connectivity index (χ2v) is 11.0. The van der Waals surface area contributed by atoms with Crippen molar-refractivity contribution in [2.24, 2.45) is 5.92 Å². The Kier molecular flexibility index (Phi) is 15.0. The highest BCUT2D eigenvalue weighted by Gasteiger charge is 2.50. The van der Waals surface area contributed by atoms with Gasteiger partial charge in [-0.15, -0.1) is 0 Å². The summed E-state index contributed by atoms with van der Waals surface area (Å²) in [5, 5.41) is 0. The van der Waals surface area contributed by atoms with E-state index in [4.69, 9.17) is 37.9 Å². The van der Waals surface area contributed by atoms with Gasteiger partial charge in [0.2, 0.25) is 0 Å². The molecule has 2 saturated heterocycles. The van der Waals surface area contributed by atoms with Crippen molar-refractivity contribution in [3.63, 3.8) is 0 Å². The number of esters is 1. The summed E-state index contributed by atoms with van der Waals surface area (Å²) in [6.45, 7) is 17.9. The van der Waals surface area contributed by atoms with Crippen LogP contribution in [0.25, 0.3) is 0 Å². The summed E-state index contributed by atoms with van der Waals surface area (Å²) in [4.78, 5) is 11.7. The van der Waals surface area contributed by atoms with Crippen molar-refractivity contribution in [1.82, 2.24) is 0 Å². The van der Waals surface area contributed by atoms with Gasteiger partial charge in [-0.05, 0) is 40.0 Å². The van der Waals surface area contributed by atoms with Crippen LogP contribution in [0.2, 0.25) is 0 Å². The fourth-order valence-corrected chi connectivity index (χ4v) is 4.89. The SMILES string of the molecule is CCCCOC1[C@@H](OC[C@H](C)[C@@H]2OC(C)(C)O[C@@H]2C)OC(COC(C)=O)[C@H](OCCCC)[C@@H]1OCCCC. The highest BCUT2D eigenvalue weighted by Crippen LogP contribution is 2.34. The Balaban J connectivity index is 2.25. The van der Waals surface area contributed by atoms with Crippen molar-refractivity contribution in [2.75, 3.05) is 33.0 Å². The normalized spacial score (nSPS) is 31.8. The van der Waals surface area contributed by atoms with E-state index in [1.807, 2.05) is 20.8 Å². The van der Waals surface area contributed by atoms with Crippen LogP contribution in [0.5, 0.6) is 0 Å². The van der Waals surface area contributed by atoms with Crippen LogP contribution >= 0.6 is 0 Å². The summed E-state index contributed by atoms with van der Waals surface area (Å²) in [5.74, 6) is -0.940. The summed E-state index contributed by atoms with van der Waals surface area (Å²) >= 11 is 0. The van der Waals surface area contributed by atoms with E-state index >= 15 is 0 Å². The zero-order valence-electron chi connectivity index (χ0n) is 25.1. The van der Waals surface area contributed by atoms with Crippen molar-refractivity contribution < 1.29 is 42.7 Å². The van der Waals surface area contributed by atoms with Crippen LogP contribution in [-0.4, -0.2) is 87.7 Å². The van der Waals surface area contributed by atoms with Gasteiger partial charge >= 0.3 is 5.97 Å².